The van der Waals surface area contributed by atoms with E-state index >= 15 is 0 Å². The molecule has 34 heavy (non-hydrogen) atoms. The summed E-state index contributed by atoms with van der Waals surface area (Å²) in [6.45, 7) is 0. The van der Waals surface area contributed by atoms with Gasteiger partial charge < -0.3 is 13.4 Å². The second kappa shape index (κ2) is 6.30. The first-order valence-electron chi connectivity index (χ1n) is 11.5. The maximum absolute atomic E-state index is 6.41. The van der Waals surface area contributed by atoms with Crippen LogP contribution in [0.1, 0.15) is 0 Å². The normalized spacial score (nSPS) is 12.3. The van der Waals surface area contributed by atoms with Crippen molar-refractivity contribution >= 4 is 65.7 Å². The lowest BCUT2D eigenvalue weighted by Gasteiger charge is -2.04. The number of hydrogen-bond acceptors (Lipinski definition) is 2. The first kappa shape index (κ1) is 18.0. The Balaban J connectivity index is 1.49. The van der Waals surface area contributed by atoms with E-state index < -0.39 is 0 Å². The molecule has 0 spiro atoms. The number of para-hydroxylation sites is 3. The van der Waals surface area contributed by atoms with Crippen LogP contribution in [0.2, 0.25) is 0 Å². The molecular weight excluding hydrogens is 418 g/mol. The molecule has 0 radical (unpaired) electrons. The minimum atomic E-state index is 0.917. The molecule has 0 N–H and O–H groups in total. The van der Waals surface area contributed by atoms with E-state index in [9.17, 15) is 0 Å². The van der Waals surface area contributed by atoms with Crippen LogP contribution >= 0.6 is 0 Å². The largest absolute Gasteiger partial charge is 0.455 e. The van der Waals surface area contributed by atoms with E-state index in [4.69, 9.17) is 8.83 Å². The predicted molar refractivity (Wildman–Crippen MR) is 140 cm³/mol. The van der Waals surface area contributed by atoms with E-state index in [1.807, 2.05) is 24.3 Å². The van der Waals surface area contributed by atoms with E-state index in [-0.39, 0.29) is 0 Å². The molecule has 0 amide bonds. The van der Waals surface area contributed by atoms with Crippen molar-refractivity contribution in [3.8, 4) is 11.1 Å². The van der Waals surface area contributed by atoms with Crippen LogP contribution in [0.5, 0.6) is 0 Å². The summed E-state index contributed by atoms with van der Waals surface area (Å²) in [7, 11) is 2.12. The van der Waals surface area contributed by atoms with Gasteiger partial charge in [0, 0.05) is 45.1 Å². The van der Waals surface area contributed by atoms with E-state index in [0.29, 0.717) is 0 Å². The monoisotopic (exact) mass is 437 g/mol. The topological polar surface area (TPSA) is 31.2 Å². The lowest BCUT2D eigenvalue weighted by molar-refractivity contribution is 0.670. The zero-order chi connectivity index (χ0) is 22.4. The fourth-order valence-electron chi connectivity index (χ4n) is 5.62. The van der Waals surface area contributed by atoms with Gasteiger partial charge in [0.25, 0.3) is 0 Å². The molecule has 0 unspecified atom stereocenters. The van der Waals surface area contributed by atoms with Gasteiger partial charge in [-0.1, -0.05) is 60.7 Å². The van der Waals surface area contributed by atoms with Gasteiger partial charge in [-0.25, -0.2) is 0 Å². The van der Waals surface area contributed by atoms with Crippen molar-refractivity contribution in [2.75, 3.05) is 0 Å². The molecule has 3 heteroatoms. The fraction of sp³-hybridized carbons (Fsp3) is 0.0323. The summed E-state index contributed by atoms with van der Waals surface area (Å²) in [6.07, 6.45) is 0. The van der Waals surface area contributed by atoms with Crippen LogP contribution in [0, 0.1) is 0 Å². The highest BCUT2D eigenvalue weighted by Crippen LogP contribution is 2.41. The Hall–Kier alpha value is -4.50. The van der Waals surface area contributed by atoms with Gasteiger partial charge in [-0.2, -0.15) is 0 Å². The first-order chi connectivity index (χ1) is 16.8. The maximum Gasteiger partial charge on any atom is 0.145 e. The summed E-state index contributed by atoms with van der Waals surface area (Å²) >= 11 is 0. The summed E-state index contributed by atoms with van der Waals surface area (Å²) in [4.78, 5) is 0. The molecule has 8 aromatic rings. The number of hydrogen-bond donors (Lipinski definition) is 0. The van der Waals surface area contributed by atoms with Gasteiger partial charge in [-0.3, -0.25) is 0 Å². The molecule has 0 fully saturated rings. The van der Waals surface area contributed by atoms with Crippen LogP contribution in [-0.4, -0.2) is 4.57 Å². The zero-order valence-electron chi connectivity index (χ0n) is 18.5. The third-order valence-electron chi connectivity index (χ3n) is 7.23. The Bertz CT molecular complexity index is 2080. The van der Waals surface area contributed by atoms with Crippen molar-refractivity contribution in [2.45, 2.75) is 0 Å². The number of benzene rings is 5. The second-order valence-corrected chi connectivity index (χ2v) is 9.01. The van der Waals surface area contributed by atoms with Crippen molar-refractivity contribution in [1.29, 1.82) is 0 Å². The molecular formula is C31H19NO2. The molecule has 3 nitrogen and oxygen atoms in total. The summed E-state index contributed by atoms with van der Waals surface area (Å²) in [5.74, 6) is 0. The van der Waals surface area contributed by atoms with Gasteiger partial charge >= 0.3 is 0 Å². The van der Waals surface area contributed by atoms with Crippen LogP contribution in [0.25, 0.3) is 76.8 Å². The molecule has 0 saturated heterocycles. The molecule has 8 rings (SSSR count). The van der Waals surface area contributed by atoms with E-state index in [1.165, 1.54) is 16.4 Å². The Labute approximate surface area is 194 Å². The number of aromatic nitrogens is 1. The molecule has 0 aliphatic carbocycles. The standard InChI is InChI=1S/C31H19NO2/c1-32-25-15-13-18(19-9-6-10-22-20-7-2-4-11-27(20)33-30(19)22)17-24(25)29-26(32)16-14-23-21-8-3-5-12-28(21)34-31(23)29/h2-17H,1H3. The number of aryl methyl sites for hydroxylation is 1. The summed E-state index contributed by atoms with van der Waals surface area (Å²) in [5.41, 5.74) is 8.30. The number of fused-ring (bicyclic) bond motifs is 10. The van der Waals surface area contributed by atoms with Crippen LogP contribution in [0.15, 0.2) is 106 Å². The fourth-order valence-corrected chi connectivity index (χ4v) is 5.62. The van der Waals surface area contributed by atoms with Crippen molar-refractivity contribution in [3.05, 3.63) is 97.1 Å². The van der Waals surface area contributed by atoms with Gasteiger partial charge in [0.1, 0.15) is 22.3 Å². The highest BCUT2D eigenvalue weighted by molar-refractivity contribution is 6.24. The lowest BCUT2D eigenvalue weighted by atomic mass is 10.00. The highest BCUT2D eigenvalue weighted by atomic mass is 16.3. The van der Waals surface area contributed by atoms with Crippen molar-refractivity contribution in [2.24, 2.45) is 7.05 Å². The molecule has 0 aliphatic heterocycles. The van der Waals surface area contributed by atoms with E-state index in [0.717, 1.165) is 60.4 Å². The Morgan fingerprint density at radius 3 is 1.97 bits per heavy atom. The smallest absolute Gasteiger partial charge is 0.145 e. The third kappa shape index (κ3) is 2.21. The van der Waals surface area contributed by atoms with Gasteiger partial charge in [-0.15, -0.1) is 0 Å². The SMILES string of the molecule is Cn1c2ccc(-c3cccc4c3oc3ccccc34)cc2c2c3oc4ccccc4c3ccc21. The lowest BCUT2D eigenvalue weighted by Crippen LogP contribution is -1.86. The molecule has 3 aromatic heterocycles. The average molecular weight is 437 g/mol. The van der Waals surface area contributed by atoms with Crippen LogP contribution in [-0.2, 0) is 7.05 Å². The molecule has 0 bridgehead atoms. The number of nitrogens with zero attached hydrogens (tertiary/aromatic N) is 1. The van der Waals surface area contributed by atoms with Crippen LogP contribution in [0.3, 0.4) is 0 Å². The quantitative estimate of drug-likeness (QED) is 0.257. The van der Waals surface area contributed by atoms with E-state index in [1.54, 1.807) is 0 Å². The number of rotatable bonds is 1. The highest BCUT2D eigenvalue weighted by Gasteiger charge is 2.18. The Kier molecular flexibility index (Phi) is 3.33. The maximum atomic E-state index is 6.41. The summed E-state index contributed by atoms with van der Waals surface area (Å²) in [5, 5.41) is 6.94. The van der Waals surface area contributed by atoms with E-state index in [2.05, 4.69) is 84.4 Å². The summed E-state index contributed by atoms with van der Waals surface area (Å²) in [6, 6.07) is 34.0. The molecule has 3 heterocycles. The van der Waals surface area contributed by atoms with Gasteiger partial charge in [0.05, 0.1) is 10.9 Å². The van der Waals surface area contributed by atoms with Crippen LogP contribution < -0.4 is 0 Å². The Morgan fingerprint density at radius 2 is 1.18 bits per heavy atom. The summed E-state index contributed by atoms with van der Waals surface area (Å²) < 4.78 is 15.0. The minimum absolute atomic E-state index is 0.917. The van der Waals surface area contributed by atoms with Gasteiger partial charge in [0.2, 0.25) is 0 Å². The second-order valence-electron chi connectivity index (χ2n) is 9.01. The van der Waals surface area contributed by atoms with Gasteiger partial charge in [0.15, 0.2) is 0 Å². The first-order valence-corrected chi connectivity index (χ1v) is 11.5. The third-order valence-corrected chi connectivity index (χ3v) is 7.23. The molecule has 5 aromatic carbocycles. The molecule has 0 atom stereocenters. The zero-order valence-corrected chi connectivity index (χ0v) is 18.5. The molecule has 0 aliphatic rings. The van der Waals surface area contributed by atoms with Crippen molar-refractivity contribution in [1.82, 2.24) is 4.57 Å². The predicted octanol–water partition coefficient (Wildman–Crippen LogP) is 8.80. The average Bonchev–Trinajstić information content (AvgIpc) is 3.53. The van der Waals surface area contributed by atoms with Crippen LogP contribution in [0.4, 0.5) is 0 Å². The van der Waals surface area contributed by atoms with Crippen molar-refractivity contribution in [3.63, 3.8) is 0 Å². The Morgan fingerprint density at radius 1 is 0.529 bits per heavy atom. The molecule has 0 saturated carbocycles. The minimum Gasteiger partial charge on any atom is -0.455 e. The van der Waals surface area contributed by atoms with Gasteiger partial charge in [-0.05, 0) is 42.0 Å². The van der Waals surface area contributed by atoms with Crippen molar-refractivity contribution < 1.29 is 8.83 Å². The molecule has 160 valence electrons. The number of furan rings is 2.